The van der Waals surface area contributed by atoms with Gasteiger partial charge in [0.25, 0.3) is 0 Å². The van der Waals surface area contributed by atoms with Crippen LogP contribution in [0.3, 0.4) is 0 Å². The maximum Gasteiger partial charge on any atom is 0.145 e. The van der Waals surface area contributed by atoms with Gasteiger partial charge in [0.05, 0.1) is 13.7 Å². The molecule has 0 aliphatic heterocycles. The molecule has 0 spiro atoms. The van der Waals surface area contributed by atoms with Gasteiger partial charge >= 0.3 is 0 Å². The standard InChI is InChI=1S/C20H22O3/c1-16(15-21)14-20(18-6-4-3-5-7-18)23-13-12-17-8-10-19(22-2)11-9-17/h3-11,14-15,20H,12-13H2,1-2H3/b16-14+. The molecule has 23 heavy (non-hydrogen) atoms. The fraction of sp³-hybridized carbons (Fsp3) is 0.250. The van der Waals surface area contributed by atoms with Gasteiger partial charge in [0.1, 0.15) is 18.1 Å². The molecule has 0 radical (unpaired) electrons. The van der Waals surface area contributed by atoms with Gasteiger partial charge in [0, 0.05) is 0 Å². The van der Waals surface area contributed by atoms with E-state index in [-0.39, 0.29) is 6.10 Å². The van der Waals surface area contributed by atoms with Crippen LogP contribution >= 0.6 is 0 Å². The second-order valence-corrected chi connectivity index (χ2v) is 5.33. The summed E-state index contributed by atoms with van der Waals surface area (Å²) in [7, 11) is 1.66. The summed E-state index contributed by atoms with van der Waals surface area (Å²) < 4.78 is 11.1. The van der Waals surface area contributed by atoms with Gasteiger partial charge in [-0.25, -0.2) is 0 Å². The number of carbonyl (C=O) groups is 1. The zero-order chi connectivity index (χ0) is 16.5. The number of carbonyl (C=O) groups excluding carboxylic acids is 1. The van der Waals surface area contributed by atoms with E-state index < -0.39 is 0 Å². The number of allylic oxidation sites excluding steroid dienone is 1. The van der Waals surface area contributed by atoms with Crippen LogP contribution in [0.2, 0.25) is 0 Å². The Kier molecular flexibility index (Phi) is 6.57. The van der Waals surface area contributed by atoms with Gasteiger partial charge in [0.15, 0.2) is 0 Å². The molecule has 1 unspecified atom stereocenters. The summed E-state index contributed by atoms with van der Waals surface area (Å²) in [6.07, 6.45) is 3.31. The first kappa shape index (κ1) is 17.0. The molecule has 0 saturated carbocycles. The molecular weight excluding hydrogens is 288 g/mol. The quantitative estimate of drug-likeness (QED) is 0.543. The molecule has 0 bridgehead atoms. The van der Waals surface area contributed by atoms with E-state index in [4.69, 9.17) is 9.47 Å². The monoisotopic (exact) mass is 310 g/mol. The van der Waals surface area contributed by atoms with Crippen molar-refractivity contribution in [2.24, 2.45) is 0 Å². The van der Waals surface area contributed by atoms with E-state index in [1.54, 1.807) is 14.0 Å². The third-order valence-corrected chi connectivity index (χ3v) is 3.58. The van der Waals surface area contributed by atoms with E-state index in [1.807, 2.05) is 60.7 Å². The van der Waals surface area contributed by atoms with Crippen molar-refractivity contribution in [3.8, 4) is 5.75 Å². The van der Waals surface area contributed by atoms with Crippen LogP contribution in [-0.4, -0.2) is 20.0 Å². The molecule has 2 rings (SSSR count). The molecule has 0 amide bonds. The minimum absolute atomic E-state index is 0.209. The summed E-state index contributed by atoms with van der Waals surface area (Å²) in [4.78, 5) is 10.9. The van der Waals surface area contributed by atoms with Crippen LogP contribution in [0, 0.1) is 0 Å². The van der Waals surface area contributed by atoms with Crippen LogP contribution < -0.4 is 4.74 Å². The third-order valence-electron chi connectivity index (χ3n) is 3.58. The van der Waals surface area contributed by atoms with Crippen molar-refractivity contribution in [2.75, 3.05) is 13.7 Å². The number of rotatable bonds is 8. The average molecular weight is 310 g/mol. The van der Waals surface area contributed by atoms with Crippen LogP contribution in [-0.2, 0) is 16.0 Å². The van der Waals surface area contributed by atoms with Gasteiger partial charge < -0.3 is 9.47 Å². The van der Waals surface area contributed by atoms with E-state index in [2.05, 4.69) is 0 Å². The number of hydrogen-bond donors (Lipinski definition) is 0. The molecule has 0 aromatic heterocycles. The highest BCUT2D eigenvalue weighted by Gasteiger charge is 2.09. The molecular formula is C20H22O3. The Bertz CT molecular complexity index is 630. The minimum atomic E-state index is -0.209. The Morgan fingerprint density at radius 2 is 1.78 bits per heavy atom. The summed E-state index contributed by atoms with van der Waals surface area (Å²) in [5.74, 6) is 0.848. The number of methoxy groups -OCH3 is 1. The van der Waals surface area contributed by atoms with Gasteiger partial charge in [0.2, 0.25) is 0 Å². The summed E-state index contributed by atoms with van der Waals surface area (Å²) in [6.45, 7) is 2.37. The van der Waals surface area contributed by atoms with E-state index in [0.29, 0.717) is 12.2 Å². The van der Waals surface area contributed by atoms with E-state index in [1.165, 1.54) is 5.56 Å². The number of benzene rings is 2. The highest BCUT2D eigenvalue weighted by Crippen LogP contribution is 2.21. The van der Waals surface area contributed by atoms with Crippen molar-refractivity contribution in [1.82, 2.24) is 0 Å². The average Bonchev–Trinajstić information content (AvgIpc) is 2.62. The zero-order valence-corrected chi connectivity index (χ0v) is 13.6. The Labute approximate surface area is 137 Å². The van der Waals surface area contributed by atoms with Crippen LogP contribution in [0.4, 0.5) is 0 Å². The van der Waals surface area contributed by atoms with E-state index in [9.17, 15) is 4.79 Å². The van der Waals surface area contributed by atoms with Gasteiger partial charge in [-0.1, -0.05) is 42.5 Å². The molecule has 0 aliphatic rings. The topological polar surface area (TPSA) is 35.5 Å². The van der Waals surface area contributed by atoms with Crippen molar-refractivity contribution in [2.45, 2.75) is 19.4 Å². The van der Waals surface area contributed by atoms with Gasteiger partial charge in [-0.15, -0.1) is 0 Å². The first-order valence-electron chi connectivity index (χ1n) is 7.66. The predicted octanol–water partition coefficient (Wildman–Crippen LogP) is 4.14. The fourth-order valence-electron chi connectivity index (χ4n) is 2.26. The molecule has 0 heterocycles. The maximum atomic E-state index is 10.9. The van der Waals surface area contributed by atoms with Gasteiger partial charge in [-0.2, -0.15) is 0 Å². The van der Waals surface area contributed by atoms with Crippen LogP contribution in [0.15, 0.2) is 66.2 Å². The molecule has 120 valence electrons. The lowest BCUT2D eigenvalue weighted by Gasteiger charge is -2.15. The van der Waals surface area contributed by atoms with Crippen molar-refractivity contribution in [3.63, 3.8) is 0 Å². The molecule has 2 aromatic rings. The number of ether oxygens (including phenoxy) is 2. The Balaban J connectivity index is 1.99. The summed E-state index contributed by atoms with van der Waals surface area (Å²) in [5.41, 5.74) is 2.90. The normalized spacial score (nSPS) is 12.7. The first-order valence-corrected chi connectivity index (χ1v) is 7.66. The largest absolute Gasteiger partial charge is 0.497 e. The van der Waals surface area contributed by atoms with Gasteiger partial charge in [-0.05, 0) is 48.3 Å². The second kappa shape index (κ2) is 8.91. The smallest absolute Gasteiger partial charge is 0.145 e. The van der Waals surface area contributed by atoms with Gasteiger partial charge in [-0.3, -0.25) is 4.79 Å². The molecule has 2 aromatic carbocycles. The lowest BCUT2D eigenvalue weighted by Crippen LogP contribution is -2.06. The summed E-state index contributed by atoms with van der Waals surface area (Å²) in [5, 5.41) is 0. The highest BCUT2D eigenvalue weighted by atomic mass is 16.5. The first-order chi connectivity index (χ1) is 11.2. The second-order valence-electron chi connectivity index (χ2n) is 5.33. The Morgan fingerprint density at radius 3 is 2.39 bits per heavy atom. The third kappa shape index (κ3) is 5.38. The maximum absolute atomic E-state index is 10.9. The Hall–Kier alpha value is -2.39. The molecule has 3 heteroatoms. The molecule has 0 saturated heterocycles. The lowest BCUT2D eigenvalue weighted by molar-refractivity contribution is -0.104. The summed E-state index contributed by atoms with van der Waals surface area (Å²) in [6, 6.07) is 17.9. The van der Waals surface area contributed by atoms with Crippen LogP contribution in [0.5, 0.6) is 5.75 Å². The fourth-order valence-corrected chi connectivity index (χ4v) is 2.26. The highest BCUT2D eigenvalue weighted by molar-refractivity contribution is 5.72. The SMILES string of the molecule is COc1ccc(CCOC(/C=C(\C)C=O)c2ccccc2)cc1. The van der Waals surface area contributed by atoms with E-state index >= 15 is 0 Å². The van der Waals surface area contributed by atoms with Crippen molar-refractivity contribution in [3.05, 3.63) is 77.4 Å². The van der Waals surface area contributed by atoms with Crippen LogP contribution in [0.25, 0.3) is 0 Å². The summed E-state index contributed by atoms with van der Waals surface area (Å²) >= 11 is 0. The molecule has 0 fully saturated rings. The predicted molar refractivity (Wildman–Crippen MR) is 91.7 cm³/mol. The lowest BCUT2D eigenvalue weighted by atomic mass is 10.1. The van der Waals surface area contributed by atoms with Crippen molar-refractivity contribution in [1.29, 1.82) is 0 Å². The molecule has 0 aliphatic carbocycles. The zero-order valence-electron chi connectivity index (χ0n) is 13.6. The Morgan fingerprint density at radius 1 is 1.09 bits per heavy atom. The van der Waals surface area contributed by atoms with E-state index in [0.717, 1.165) is 24.0 Å². The van der Waals surface area contributed by atoms with Crippen molar-refractivity contribution < 1.29 is 14.3 Å². The molecule has 1 atom stereocenters. The number of hydrogen-bond acceptors (Lipinski definition) is 3. The number of aldehydes is 1. The molecule has 3 nitrogen and oxygen atoms in total. The van der Waals surface area contributed by atoms with Crippen molar-refractivity contribution >= 4 is 6.29 Å². The van der Waals surface area contributed by atoms with Crippen LogP contribution in [0.1, 0.15) is 24.2 Å². The molecule has 0 N–H and O–H groups in total. The minimum Gasteiger partial charge on any atom is -0.497 e.